The van der Waals surface area contributed by atoms with Gasteiger partial charge in [0.1, 0.15) is 23.7 Å². The van der Waals surface area contributed by atoms with Crippen molar-refractivity contribution in [1.82, 2.24) is 0 Å². The highest BCUT2D eigenvalue weighted by Gasteiger charge is 2.19. The highest BCUT2D eigenvalue weighted by atomic mass is 19.1. The van der Waals surface area contributed by atoms with Gasteiger partial charge in [-0.25, -0.2) is 4.39 Å². The second kappa shape index (κ2) is 12.2. The van der Waals surface area contributed by atoms with Gasteiger partial charge >= 0.3 is 0 Å². The van der Waals surface area contributed by atoms with Crippen LogP contribution in [0.2, 0.25) is 0 Å². The van der Waals surface area contributed by atoms with Gasteiger partial charge in [0, 0.05) is 35.2 Å². The number of carbonyl (C=O) groups excluding carboxylic acids is 1. The summed E-state index contributed by atoms with van der Waals surface area (Å²) in [7, 11) is 0. The average molecular weight is 504 g/mol. The number of anilines is 2. The quantitative estimate of drug-likeness (QED) is 0.236. The molecule has 0 amide bonds. The first-order valence-corrected chi connectivity index (χ1v) is 13.0. The number of Topliss-reactive ketones (excluding diaryl/α,β-unsaturated/α-hetero) is 1. The van der Waals surface area contributed by atoms with Crippen LogP contribution >= 0.6 is 0 Å². The summed E-state index contributed by atoms with van der Waals surface area (Å²) in [6.07, 6.45) is 4.80. The Morgan fingerprint density at radius 2 is 1.71 bits per heavy atom. The molecule has 0 unspecified atom stereocenters. The number of aryl methyl sites for hydroxylation is 1. The minimum atomic E-state index is -0.446. The van der Waals surface area contributed by atoms with E-state index in [1.165, 1.54) is 12.1 Å². The van der Waals surface area contributed by atoms with E-state index >= 15 is 0 Å². The lowest BCUT2D eigenvalue weighted by molar-refractivity contribution is -0.118. The van der Waals surface area contributed by atoms with E-state index in [2.05, 4.69) is 36.5 Å². The number of ketones is 1. The van der Waals surface area contributed by atoms with E-state index < -0.39 is 5.82 Å². The molecule has 0 bridgehead atoms. The molecule has 190 valence electrons. The van der Waals surface area contributed by atoms with Crippen molar-refractivity contribution in [2.75, 3.05) is 5.32 Å². The molecule has 0 fully saturated rings. The third-order valence-corrected chi connectivity index (χ3v) is 6.63. The van der Waals surface area contributed by atoms with Gasteiger partial charge in [0.25, 0.3) is 0 Å². The number of hydrogen-bond acceptors (Lipinski definition) is 4. The maximum Gasteiger partial charge on any atom is 0.137 e. The van der Waals surface area contributed by atoms with Crippen LogP contribution in [-0.4, -0.2) is 5.78 Å². The fourth-order valence-electron chi connectivity index (χ4n) is 4.82. The maximum atomic E-state index is 14.8. The minimum absolute atomic E-state index is 0.201. The number of hydrogen-bond donors (Lipinski definition) is 1. The number of halogens is 1. The molecule has 0 aliphatic rings. The summed E-state index contributed by atoms with van der Waals surface area (Å²) >= 11 is 0. The molecule has 0 saturated carbocycles. The summed E-state index contributed by atoms with van der Waals surface area (Å²) in [4.78, 5) is 12.0. The first kappa shape index (κ1) is 26.6. The summed E-state index contributed by atoms with van der Waals surface area (Å²) in [5.74, 6) is -0.245. The number of unbranched alkanes of at least 4 members (excludes halogenated alkanes) is 1. The fraction of sp³-hybridized carbons (Fsp3) is 0.242. The first-order chi connectivity index (χ1) is 18.5. The van der Waals surface area contributed by atoms with Crippen LogP contribution in [0.1, 0.15) is 61.8 Å². The van der Waals surface area contributed by atoms with Gasteiger partial charge in [-0.05, 0) is 71.7 Å². The van der Waals surface area contributed by atoms with Crippen LogP contribution in [0.5, 0.6) is 0 Å². The largest absolute Gasteiger partial charge is 0.355 e. The second-order valence-corrected chi connectivity index (χ2v) is 9.54. The van der Waals surface area contributed by atoms with Crippen LogP contribution in [0.3, 0.4) is 0 Å². The van der Waals surface area contributed by atoms with Crippen molar-refractivity contribution in [3.05, 3.63) is 94.8 Å². The summed E-state index contributed by atoms with van der Waals surface area (Å²) in [6.45, 7) is 4.13. The van der Waals surface area contributed by atoms with Crippen molar-refractivity contribution in [2.45, 2.75) is 52.4 Å². The van der Waals surface area contributed by atoms with Gasteiger partial charge in [-0.3, -0.25) is 4.79 Å². The number of rotatable bonds is 10. The molecule has 0 aliphatic heterocycles. The van der Waals surface area contributed by atoms with Gasteiger partial charge in [-0.15, -0.1) is 0 Å². The number of nitrogens with one attached hydrogen (secondary N) is 1. The van der Waals surface area contributed by atoms with Crippen LogP contribution in [0.15, 0.2) is 66.7 Å². The van der Waals surface area contributed by atoms with Crippen molar-refractivity contribution in [3.63, 3.8) is 0 Å². The molecule has 0 aliphatic carbocycles. The SMILES string of the molecule is CCCCc1cccc(-c2c(C#N)c(C#N)cc3cc(F)cc(Nc4ccc(CC(=O)CCC)cc4)c23)c1. The van der Waals surface area contributed by atoms with Gasteiger partial charge in [0.15, 0.2) is 0 Å². The minimum Gasteiger partial charge on any atom is -0.355 e. The van der Waals surface area contributed by atoms with E-state index in [0.717, 1.165) is 48.1 Å². The standard InChI is InChI=1S/C33H30FN3O/c1-3-5-8-22-9-6-10-24(15-22)32-30(21-36)26(20-35)17-25-18-27(34)19-31(33(25)32)37-28-13-11-23(12-14-28)16-29(38)7-4-2/h6,9-15,17-19,37H,3-5,7-8,16H2,1-2H3. The van der Waals surface area contributed by atoms with Crippen LogP contribution < -0.4 is 5.32 Å². The number of carbonyl (C=O) groups is 1. The number of benzene rings is 4. The van der Waals surface area contributed by atoms with E-state index in [-0.39, 0.29) is 16.9 Å². The zero-order chi connectivity index (χ0) is 27.1. The van der Waals surface area contributed by atoms with E-state index in [4.69, 9.17) is 0 Å². The zero-order valence-electron chi connectivity index (χ0n) is 21.8. The highest BCUT2D eigenvalue weighted by molar-refractivity contribution is 6.08. The smallest absolute Gasteiger partial charge is 0.137 e. The van der Waals surface area contributed by atoms with Gasteiger partial charge < -0.3 is 5.32 Å². The predicted molar refractivity (Wildman–Crippen MR) is 151 cm³/mol. The first-order valence-electron chi connectivity index (χ1n) is 13.0. The van der Waals surface area contributed by atoms with Gasteiger partial charge in [-0.1, -0.05) is 56.7 Å². The summed E-state index contributed by atoms with van der Waals surface area (Å²) in [6, 6.07) is 24.3. The van der Waals surface area contributed by atoms with Crippen molar-refractivity contribution < 1.29 is 9.18 Å². The van der Waals surface area contributed by atoms with Crippen LogP contribution in [-0.2, 0) is 17.6 Å². The molecule has 0 aromatic heterocycles. The lowest BCUT2D eigenvalue weighted by Crippen LogP contribution is -2.02. The molecule has 5 heteroatoms. The molecular weight excluding hydrogens is 473 g/mol. The van der Waals surface area contributed by atoms with E-state index in [1.807, 2.05) is 43.3 Å². The van der Waals surface area contributed by atoms with Crippen LogP contribution in [0.4, 0.5) is 15.8 Å². The van der Waals surface area contributed by atoms with Crippen LogP contribution in [0, 0.1) is 28.5 Å². The monoisotopic (exact) mass is 503 g/mol. The van der Waals surface area contributed by atoms with E-state index in [1.54, 1.807) is 6.07 Å². The highest BCUT2D eigenvalue weighted by Crippen LogP contribution is 2.40. The molecule has 4 rings (SSSR count). The molecule has 4 aromatic rings. The van der Waals surface area contributed by atoms with Crippen molar-refractivity contribution >= 4 is 27.9 Å². The Hall–Kier alpha value is -4.48. The summed E-state index contributed by atoms with van der Waals surface area (Å²) < 4.78 is 14.8. The summed E-state index contributed by atoms with van der Waals surface area (Å²) in [5.41, 5.74) is 5.22. The van der Waals surface area contributed by atoms with Crippen molar-refractivity contribution in [1.29, 1.82) is 10.5 Å². The lowest BCUT2D eigenvalue weighted by atomic mass is 9.88. The Kier molecular flexibility index (Phi) is 8.51. The predicted octanol–water partition coefficient (Wildman–Crippen LogP) is 8.39. The third-order valence-electron chi connectivity index (χ3n) is 6.63. The van der Waals surface area contributed by atoms with Gasteiger partial charge in [0.05, 0.1) is 11.1 Å². The van der Waals surface area contributed by atoms with E-state index in [9.17, 15) is 19.7 Å². The van der Waals surface area contributed by atoms with Crippen LogP contribution in [0.25, 0.3) is 21.9 Å². The molecule has 0 atom stereocenters. The van der Waals surface area contributed by atoms with E-state index in [0.29, 0.717) is 34.9 Å². The average Bonchev–Trinajstić information content (AvgIpc) is 2.92. The van der Waals surface area contributed by atoms with Gasteiger partial charge in [-0.2, -0.15) is 10.5 Å². The molecule has 0 saturated heterocycles. The molecule has 4 nitrogen and oxygen atoms in total. The van der Waals surface area contributed by atoms with Crippen molar-refractivity contribution in [2.24, 2.45) is 0 Å². The number of nitriles is 2. The Bertz CT molecular complexity index is 1560. The maximum absolute atomic E-state index is 14.8. The Morgan fingerprint density at radius 1 is 0.921 bits per heavy atom. The number of nitrogens with zero attached hydrogens (tertiary/aromatic N) is 2. The fourth-order valence-corrected chi connectivity index (χ4v) is 4.82. The molecule has 4 aromatic carbocycles. The van der Waals surface area contributed by atoms with Gasteiger partial charge in [0.2, 0.25) is 0 Å². The molecule has 0 spiro atoms. The molecular formula is C33H30FN3O. The normalized spacial score (nSPS) is 10.7. The topological polar surface area (TPSA) is 76.7 Å². The lowest BCUT2D eigenvalue weighted by Gasteiger charge is -2.17. The molecule has 38 heavy (non-hydrogen) atoms. The Morgan fingerprint density at radius 3 is 2.39 bits per heavy atom. The zero-order valence-corrected chi connectivity index (χ0v) is 21.8. The molecule has 1 N–H and O–H groups in total. The Balaban J connectivity index is 1.86. The Labute approximate surface area is 223 Å². The molecule has 0 heterocycles. The third kappa shape index (κ3) is 5.90. The van der Waals surface area contributed by atoms with Crippen molar-refractivity contribution in [3.8, 4) is 23.3 Å². The number of fused-ring (bicyclic) bond motifs is 1. The second-order valence-electron chi connectivity index (χ2n) is 9.54. The summed E-state index contributed by atoms with van der Waals surface area (Å²) in [5, 5.41) is 24.5. The molecule has 0 radical (unpaired) electrons.